The summed E-state index contributed by atoms with van der Waals surface area (Å²) in [6, 6.07) is 17.5. The number of aryl methyl sites for hydroxylation is 2. The van der Waals surface area contributed by atoms with Crippen LogP contribution in [0.5, 0.6) is 34.5 Å². The van der Waals surface area contributed by atoms with E-state index in [1.807, 2.05) is 24.3 Å². The van der Waals surface area contributed by atoms with Crippen LogP contribution in [0, 0.1) is 11.8 Å². The Balaban J connectivity index is 1.46. The molecule has 11 nitrogen and oxygen atoms in total. The number of ether oxygens (including phenoxy) is 3. The van der Waals surface area contributed by atoms with E-state index in [1.54, 1.807) is 43.5 Å². The average Bonchev–Trinajstić information content (AvgIpc) is 3.17. The maximum absolute atomic E-state index is 15.0. The number of phenolic OH excluding ortho intramolecular Hbond substituents is 4. The topological polar surface area (TPSA) is 170 Å². The molecule has 0 saturated heterocycles. The molecule has 4 aromatic carbocycles. The van der Waals surface area contributed by atoms with E-state index in [-0.39, 0.29) is 53.3 Å². The number of carbonyl (C=O) groups excluding carboxylic acids is 1. The van der Waals surface area contributed by atoms with Crippen LogP contribution in [-0.4, -0.2) is 71.9 Å². The van der Waals surface area contributed by atoms with Gasteiger partial charge in [-0.2, -0.15) is 0 Å². The lowest BCUT2D eigenvalue weighted by molar-refractivity contribution is -0.129. The lowest BCUT2D eigenvalue weighted by Crippen LogP contribution is -2.38. The van der Waals surface area contributed by atoms with E-state index in [4.69, 9.17) is 14.2 Å². The quantitative estimate of drug-likeness (QED) is 0.0638. The number of nitrogens with one attached hydrogen (secondary N) is 2. The largest absolute Gasteiger partial charge is 0.508 e. The van der Waals surface area contributed by atoms with Gasteiger partial charge in [-0.15, -0.1) is 0 Å². The molecule has 2 aliphatic heterocycles. The zero-order valence-electron chi connectivity index (χ0n) is 31.0. The van der Waals surface area contributed by atoms with Gasteiger partial charge in [0.05, 0.1) is 26.2 Å². The molecule has 2 aliphatic rings. The van der Waals surface area contributed by atoms with Crippen LogP contribution < -0.4 is 20.1 Å². The monoisotopic (exact) mass is 738 g/mol. The van der Waals surface area contributed by atoms with Gasteiger partial charge in [-0.05, 0) is 132 Å². The molecule has 0 radical (unpaired) electrons. The van der Waals surface area contributed by atoms with E-state index in [9.17, 15) is 25.5 Å². The third kappa shape index (κ3) is 8.53. The molecule has 4 aromatic rings. The molecular weight excluding hydrogens is 688 g/mol. The Labute approximate surface area is 315 Å². The number of Topliss-reactive ketones (excluding diaryl/α,β-unsaturated/α-hetero) is 1. The van der Waals surface area contributed by atoms with Crippen LogP contribution in [0.15, 0.2) is 84.2 Å². The van der Waals surface area contributed by atoms with Crippen molar-refractivity contribution in [2.24, 2.45) is 11.8 Å². The second-order valence-corrected chi connectivity index (χ2v) is 14.1. The Morgan fingerprint density at radius 1 is 0.907 bits per heavy atom. The van der Waals surface area contributed by atoms with Gasteiger partial charge >= 0.3 is 0 Å². The standard InChI is InChI=1S/C43H50N2O9/c1-52-18-4-5-32-28-16-17-44-41(24-28)45-34-13-9-27-20-30(46)10-12-31(27)33(34)11-8-26(29-22-38(50)43(51)40(23-29)54-3)21-37(49)42(32)36(48)15-7-25-6-14-35(47)39(19-25)53-2/h6,9-10,12-14,16,19-20,22-24,26,32,36,42,44-48,50-51H,4-5,7-8,11,15,17-18,21H2,1-3H3/t26-,32+,36-,42+/m1/s1. The van der Waals surface area contributed by atoms with Crippen molar-refractivity contribution in [2.75, 3.05) is 39.8 Å². The predicted octanol–water partition coefficient (Wildman–Crippen LogP) is 6.80. The van der Waals surface area contributed by atoms with Crippen molar-refractivity contribution >= 4 is 22.2 Å². The fraction of sp³-hybridized carbons (Fsp3) is 0.372. The van der Waals surface area contributed by atoms with Gasteiger partial charge in [0.15, 0.2) is 23.0 Å². The van der Waals surface area contributed by atoms with Gasteiger partial charge in [0.2, 0.25) is 5.75 Å². The van der Waals surface area contributed by atoms with Gasteiger partial charge in [-0.3, -0.25) is 4.79 Å². The Bertz CT molecular complexity index is 2040. The van der Waals surface area contributed by atoms with Crippen LogP contribution in [0.2, 0.25) is 0 Å². The summed E-state index contributed by atoms with van der Waals surface area (Å²) in [5.41, 5.74) is 4.28. The number of hydrogen-bond acceptors (Lipinski definition) is 11. The first-order chi connectivity index (χ1) is 26.1. The van der Waals surface area contributed by atoms with Gasteiger partial charge in [0.1, 0.15) is 17.4 Å². The molecule has 11 heteroatoms. The predicted molar refractivity (Wildman–Crippen MR) is 207 cm³/mol. The highest BCUT2D eigenvalue weighted by Gasteiger charge is 2.38. The van der Waals surface area contributed by atoms with Crippen LogP contribution in [0.3, 0.4) is 0 Å². The molecular formula is C43H50N2O9. The summed E-state index contributed by atoms with van der Waals surface area (Å²) in [6.07, 6.45) is 6.13. The molecule has 0 amide bonds. The fourth-order valence-corrected chi connectivity index (χ4v) is 7.98. The number of allylic oxidation sites excluding steroid dienone is 2. The highest BCUT2D eigenvalue weighted by molar-refractivity contribution is 5.91. The first-order valence-electron chi connectivity index (χ1n) is 18.4. The average molecular weight is 739 g/mol. The summed E-state index contributed by atoms with van der Waals surface area (Å²) in [5, 5.41) is 62.7. The first kappa shape index (κ1) is 38.3. The van der Waals surface area contributed by atoms with E-state index in [2.05, 4.69) is 16.7 Å². The highest BCUT2D eigenvalue weighted by atomic mass is 16.5. The number of benzene rings is 4. The number of aliphatic hydroxyl groups excluding tert-OH is 1. The Kier molecular flexibility index (Phi) is 12.2. The number of hydrogen-bond donors (Lipinski definition) is 7. The van der Waals surface area contributed by atoms with Crippen molar-refractivity contribution in [1.82, 2.24) is 5.32 Å². The number of carbonyl (C=O) groups is 1. The molecule has 0 unspecified atom stereocenters. The van der Waals surface area contributed by atoms with E-state index < -0.39 is 17.9 Å². The van der Waals surface area contributed by atoms with Crippen LogP contribution in [0.1, 0.15) is 54.7 Å². The lowest BCUT2D eigenvalue weighted by atomic mass is 9.72. The summed E-state index contributed by atoms with van der Waals surface area (Å²) in [6.45, 7) is 1.01. The Morgan fingerprint density at radius 2 is 1.72 bits per heavy atom. The van der Waals surface area contributed by atoms with Gasteiger partial charge in [0.25, 0.3) is 0 Å². The van der Waals surface area contributed by atoms with Crippen LogP contribution in [0.25, 0.3) is 10.8 Å². The van der Waals surface area contributed by atoms with E-state index in [0.29, 0.717) is 56.6 Å². The van der Waals surface area contributed by atoms with Gasteiger partial charge in [-0.1, -0.05) is 24.3 Å². The number of dihydropyridines is 1. The second-order valence-electron chi connectivity index (χ2n) is 14.1. The number of methoxy groups -OCH3 is 3. The smallest absolute Gasteiger partial charge is 0.200 e. The van der Waals surface area contributed by atoms with Crippen molar-refractivity contribution in [3.05, 3.63) is 101 Å². The minimum Gasteiger partial charge on any atom is -0.508 e. The van der Waals surface area contributed by atoms with Crippen molar-refractivity contribution in [1.29, 1.82) is 0 Å². The summed E-state index contributed by atoms with van der Waals surface area (Å²) < 4.78 is 16.2. The van der Waals surface area contributed by atoms with E-state index in [1.165, 1.54) is 20.3 Å². The molecule has 2 heterocycles. The number of aromatic hydroxyl groups is 4. The highest BCUT2D eigenvalue weighted by Crippen LogP contribution is 2.43. The fourth-order valence-electron chi connectivity index (χ4n) is 7.98. The zero-order chi connectivity index (χ0) is 38.4. The van der Waals surface area contributed by atoms with Crippen molar-refractivity contribution in [2.45, 2.75) is 57.0 Å². The molecule has 4 atom stereocenters. The number of ketones is 1. The maximum Gasteiger partial charge on any atom is 0.200 e. The summed E-state index contributed by atoms with van der Waals surface area (Å²) in [5.74, 6) is -1.03. The minimum atomic E-state index is -1.02. The summed E-state index contributed by atoms with van der Waals surface area (Å²) in [4.78, 5) is 15.0. The molecule has 7 N–H and O–H groups in total. The van der Waals surface area contributed by atoms with Gasteiger partial charge in [0, 0.05) is 32.4 Å². The molecule has 0 fully saturated rings. The number of rotatable bonds is 11. The van der Waals surface area contributed by atoms with E-state index >= 15 is 4.79 Å². The summed E-state index contributed by atoms with van der Waals surface area (Å²) in [7, 11) is 4.54. The molecule has 0 saturated carbocycles. The number of anilines is 1. The molecule has 54 heavy (non-hydrogen) atoms. The molecule has 2 bridgehead atoms. The third-order valence-corrected chi connectivity index (χ3v) is 10.8. The minimum absolute atomic E-state index is 0.0238. The van der Waals surface area contributed by atoms with Gasteiger partial charge < -0.3 is 50.4 Å². The number of phenols is 4. The second kappa shape index (κ2) is 17.2. The maximum atomic E-state index is 15.0. The Hall–Kier alpha value is -5.39. The van der Waals surface area contributed by atoms with Crippen LogP contribution >= 0.6 is 0 Å². The van der Waals surface area contributed by atoms with Crippen LogP contribution in [-0.2, 0) is 22.4 Å². The molecule has 0 aliphatic carbocycles. The lowest BCUT2D eigenvalue weighted by Gasteiger charge is -2.34. The zero-order valence-corrected chi connectivity index (χ0v) is 31.0. The first-order valence-corrected chi connectivity index (χ1v) is 18.4. The Morgan fingerprint density at radius 3 is 2.50 bits per heavy atom. The van der Waals surface area contributed by atoms with Crippen molar-refractivity contribution < 1.29 is 44.5 Å². The molecule has 0 aromatic heterocycles. The SMILES string of the molecule is COCCC[C@H]1C2=CCNC(=C2)Nc2ccc3cc(O)ccc3c2CC[C@@H](c2cc(O)c(O)c(OC)c2)CC(=O)[C@@H]1[C@H](O)CCc1ccc(O)c(OC)c1. The molecule has 6 rings (SSSR count). The van der Waals surface area contributed by atoms with Crippen molar-refractivity contribution in [3.8, 4) is 34.5 Å². The number of fused-ring (bicyclic) bond motifs is 4. The van der Waals surface area contributed by atoms with Gasteiger partial charge in [-0.25, -0.2) is 0 Å². The summed E-state index contributed by atoms with van der Waals surface area (Å²) >= 11 is 0. The number of aliphatic hydroxyl groups is 1. The van der Waals surface area contributed by atoms with Crippen LogP contribution in [0.4, 0.5) is 5.69 Å². The molecule has 0 spiro atoms. The van der Waals surface area contributed by atoms with E-state index in [0.717, 1.165) is 39.0 Å². The normalized spacial score (nSPS) is 19.5. The van der Waals surface area contributed by atoms with Crippen molar-refractivity contribution in [3.63, 3.8) is 0 Å². The third-order valence-electron chi connectivity index (χ3n) is 10.8. The molecule has 286 valence electrons.